The Morgan fingerprint density at radius 2 is 1.79 bits per heavy atom. The van der Waals surface area contributed by atoms with Gasteiger partial charge in [0.25, 0.3) is 5.91 Å². The number of nitrogens with zero attached hydrogens (tertiary/aromatic N) is 4. The van der Waals surface area contributed by atoms with Crippen LogP contribution in [-0.2, 0) is 6.54 Å². The summed E-state index contributed by atoms with van der Waals surface area (Å²) in [5.41, 5.74) is 2.68. The molecule has 1 amide bonds. The van der Waals surface area contributed by atoms with Crippen molar-refractivity contribution in [1.82, 2.24) is 19.8 Å². The number of carbonyl (C=O) groups excluding carboxylic acids is 1. The maximum Gasteiger partial charge on any atom is 0.251 e. The number of amides is 1. The predicted octanol–water partition coefficient (Wildman–Crippen LogP) is 2.94. The van der Waals surface area contributed by atoms with Crippen LogP contribution in [-0.4, -0.2) is 53.6 Å². The summed E-state index contributed by atoms with van der Waals surface area (Å²) in [7, 11) is 2.16. The van der Waals surface area contributed by atoms with E-state index in [2.05, 4.69) is 33.2 Å². The van der Waals surface area contributed by atoms with Crippen molar-refractivity contribution in [3.63, 3.8) is 0 Å². The fourth-order valence-corrected chi connectivity index (χ4v) is 3.56. The highest BCUT2D eigenvalue weighted by molar-refractivity contribution is 5.94. The average Bonchev–Trinajstić information content (AvgIpc) is 3.21. The topological polar surface area (TPSA) is 53.4 Å². The van der Waals surface area contributed by atoms with Crippen LogP contribution < -0.4 is 10.2 Å². The Morgan fingerprint density at radius 3 is 2.52 bits per heavy atom. The van der Waals surface area contributed by atoms with E-state index in [1.54, 1.807) is 0 Å². The molecule has 0 aliphatic carbocycles. The third-order valence-corrected chi connectivity index (χ3v) is 5.34. The van der Waals surface area contributed by atoms with E-state index >= 15 is 0 Å². The minimum Gasteiger partial charge on any atom is -0.355 e. The largest absolute Gasteiger partial charge is 0.355 e. The maximum atomic E-state index is 12.4. The van der Waals surface area contributed by atoms with Gasteiger partial charge in [0.2, 0.25) is 0 Å². The van der Waals surface area contributed by atoms with Gasteiger partial charge in [-0.3, -0.25) is 4.79 Å². The van der Waals surface area contributed by atoms with Gasteiger partial charge in [0.1, 0.15) is 5.82 Å². The molecule has 0 saturated carbocycles. The van der Waals surface area contributed by atoms with E-state index in [-0.39, 0.29) is 5.91 Å². The highest BCUT2D eigenvalue weighted by Crippen LogP contribution is 2.14. The van der Waals surface area contributed by atoms with Crippen LogP contribution in [0.15, 0.2) is 67.1 Å². The molecule has 1 saturated heterocycles. The molecule has 0 unspecified atom stereocenters. The molecule has 3 aromatic rings. The number of likely N-dealkylation sites (N-methyl/N-ethyl adjacent to an activating group) is 1. The lowest BCUT2D eigenvalue weighted by molar-refractivity contribution is 0.0951. The third-order valence-electron chi connectivity index (χ3n) is 5.34. The molecule has 1 aliphatic rings. The highest BCUT2D eigenvalue weighted by Gasteiger charge is 2.13. The molecule has 0 spiro atoms. The van der Waals surface area contributed by atoms with Gasteiger partial charge in [0.05, 0.1) is 0 Å². The molecule has 0 radical (unpaired) electrons. The molecule has 6 nitrogen and oxygen atoms in total. The highest BCUT2D eigenvalue weighted by atomic mass is 16.1. The number of benzene rings is 1. The first kappa shape index (κ1) is 19.2. The van der Waals surface area contributed by atoms with Gasteiger partial charge in [-0.1, -0.05) is 6.07 Å². The number of pyridine rings is 1. The van der Waals surface area contributed by atoms with E-state index < -0.39 is 0 Å². The van der Waals surface area contributed by atoms with Crippen LogP contribution in [0.4, 0.5) is 5.82 Å². The van der Waals surface area contributed by atoms with Crippen LogP contribution in [0.5, 0.6) is 0 Å². The molecular formula is C23H27N5O. The fraction of sp³-hybridized carbons (Fsp3) is 0.304. The molecule has 3 heterocycles. The zero-order valence-electron chi connectivity index (χ0n) is 16.8. The van der Waals surface area contributed by atoms with Crippen LogP contribution in [0, 0.1) is 0 Å². The molecule has 0 bridgehead atoms. The van der Waals surface area contributed by atoms with Crippen molar-refractivity contribution in [2.75, 3.05) is 38.1 Å². The Balaban J connectivity index is 1.32. The summed E-state index contributed by atoms with van der Waals surface area (Å²) in [6.07, 6.45) is 6.98. The number of nitrogens with one attached hydrogen (secondary N) is 1. The minimum atomic E-state index is -0.0799. The lowest BCUT2D eigenvalue weighted by Gasteiger charge is -2.21. The van der Waals surface area contributed by atoms with Crippen molar-refractivity contribution in [2.45, 2.75) is 13.0 Å². The van der Waals surface area contributed by atoms with Gasteiger partial charge in [-0.15, -0.1) is 0 Å². The van der Waals surface area contributed by atoms with Gasteiger partial charge in [0.15, 0.2) is 0 Å². The van der Waals surface area contributed by atoms with E-state index in [4.69, 9.17) is 0 Å². The second kappa shape index (κ2) is 8.92. The van der Waals surface area contributed by atoms with Crippen molar-refractivity contribution < 1.29 is 4.79 Å². The molecule has 2 aromatic heterocycles. The summed E-state index contributed by atoms with van der Waals surface area (Å²) in [5, 5.41) is 2.98. The van der Waals surface area contributed by atoms with E-state index in [1.807, 2.05) is 65.6 Å². The van der Waals surface area contributed by atoms with Crippen LogP contribution in [0.3, 0.4) is 0 Å². The second-order valence-electron chi connectivity index (χ2n) is 7.49. The van der Waals surface area contributed by atoms with Crippen molar-refractivity contribution in [3.05, 3.63) is 78.2 Å². The standard InChI is InChI=1S/C23H27N5O/c1-26-11-4-14-28(16-15-26)22-10-5-19(17-24-22)18-25-23(29)20-6-8-21(9-7-20)27-12-2-3-13-27/h2-3,5-10,12-13,17H,4,11,14-16,18H2,1H3,(H,25,29). The molecule has 1 fully saturated rings. The Morgan fingerprint density at radius 1 is 1.00 bits per heavy atom. The van der Waals surface area contributed by atoms with E-state index in [0.717, 1.165) is 49.7 Å². The molecule has 150 valence electrons. The normalized spacial score (nSPS) is 15.1. The Kier molecular flexibility index (Phi) is 5.91. The number of anilines is 1. The van der Waals surface area contributed by atoms with Gasteiger partial charge in [-0.2, -0.15) is 0 Å². The van der Waals surface area contributed by atoms with Crippen molar-refractivity contribution in [1.29, 1.82) is 0 Å². The number of hydrogen-bond donors (Lipinski definition) is 1. The van der Waals surface area contributed by atoms with E-state index in [1.165, 1.54) is 0 Å². The summed E-state index contributed by atoms with van der Waals surface area (Å²) in [4.78, 5) is 21.7. The quantitative estimate of drug-likeness (QED) is 0.729. The van der Waals surface area contributed by atoms with Crippen LogP contribution in [0.1, 0.15) is 22.3 Å². The van der Waals surface area contributed by atoms with Gasteiger partial charge in [-0.05, 0) is 68.0 Å². The molecule has 4 rings (SSSR count). The predicted molar refractivity (Wildman–Crippen MR) is 116 cm³/mol. The van der Waals surface area contributed by atoms with Gasteiger partial charge >= 0.3 is 0 Å². The van der Waals surface area contributed by atoms with Crippen molar-refractivity contribution in [2.24, 2.45) is 0 Å². The lowest BCUT2D eigenvalue weighted by atomic mass is 10.2. The molecule has 0 atom stereocenters. The zero-order chi connectivity index (χ0) is 20.1. The molecule has 1 N–H and O–H groups in total. The molecule has 1 aliphatic heterocycles. The summed E-state index contributed by atoms with van der Waals surface area (Å²) in [5.74, 6) is 0.930. The number of carbonyl (C=O) groups is 1. The van der Waals surface area contributed by atoms with Crippen molar-refractivity contribution >= 4 is 11.7 Å². The fourth-order valence-electron chi connectivity index (χ4n) is 3.56. The zero-order valence-corrected chi connectivity index (χ0v) is 16.8. The summed E-state index contributed by atoms with van der Waals surface area (Å²) in [6, 6.07) is 15.7. The van der Waals surface area contributed by atoms with Gasteiger partial charge < -0.3 is 19.7 Å². The molecule has 6 heteroatoms. The van der Waals surface area contributed by atoms with E-state index in [0.29, 0.717) is 12.1 Å². The van der Waals surface area contributed by atoms with E-state index in [9.17, 15) is 4.79 Å². The van der Waals surface area contributed by atoms with Crippen LogP contribution in [0.2, 0.25) is 0 Å². The third kappa shape index (κ3) is 4.84. The number of aromatic nitrogens is 2. The van der Waals surface area contributed by atoms with Crippen LogP contribution in [0.25, 0.3) is 5.69 Å². The average molecular weight is 390 g/mol. The summed E-state index contributed by atoms with van der Waals surface area (Å²) in [6.45, 7) is 4.69. The minimum absolute atomic E-state index is 0.0799. The Hall–Kier alpha value is -3.12. The lowest BCUT2D eigenvalue weighted by Crippen LogP contribution is -2.29. The Labute approximate surface area is 171 Å². The second-order valence-corrected chi connectivity index (χ2v) is 7.49. The molecule has 29 heavy (non-hydrogen) atoms. The molecule has 1 aromatic carbocycles. The monoisotopic (exact) mass is 389 g/mol. The number of rotatable bonds is 5. The molecular weight excluding hydrogens is 362 g/mol. The maximum absolute atomic E-state index is 12.4. The first-order chi connectivity index (χ1) is 14.2. The van der Waals surface area contributed by atoms with Crippen molar-refractivity contribution in [3.8, 4) is 5.69 Å². The van der Waals surface area contributed by atoms with Gasteiger partial charge in [0, 0.05) is 56.0 Å². The SMILES string of the molecule is CN1CCCN(c2ccc(CNC(=O)c3ccc(-n4cccc4)cc3)cn2)CC1. The summed E-state index contributed by atoms with van der Waals surface area (Å²) < 4.78 is 2.01. The number of hydrogen-bond acceptors (Lipinski definition) is 4. The Bertz CT molecular complexity index is 919. The first-order valence-electron chi connectivity index (χ1n) is 10.1. The van der Waals surface area contributed by atoms with Crippen LogP contribution >= 0.6 is 0 Å². The smallest absolute Gasteiger partial charge is 0.251 e. The first-order valence-corrected chi connectivity index (χ1v) is 10.1. The van der Waals surface area contributed by atoms with Gasteiger partial charge in [-0.25, -0.2) is 4.98 Å². The summed E-state index contributed by atoms with van der Waals surface area (Å²) >= 11 is 0.